The molecule has 0 bridgehead atoms. The number of hydrogen-bond acceptors (Lipinski definition) is 6. The molecule has 1 saturated carbocycles. The van der Waals surface area contributed by atoms with Crippen LogP contribution in [0, 0.1) is 0 Å². The molecule has 1 aromatic carbocycles. The molecule has 1 fully saturated rings. The summed E-state index contributed by atoms with van der Waals surface area (Å²) in [6.45, 7) is 0.509. The van der Waals surface area contributed by atoms with Crippen LogP contribution in [0.1, 0.15) is 38.6 Å². The Labute approximate surface area is 219 Å². The number of nitrogens with zero attached hydrogens (tertiary/aromatic N) is 4. The molecule has 6 rings (SSSR count). The number of hydrogen-bond donors (Lipinski definition) is 1. The number of aromatic nitrogens is 2. The van der Waals surface area contributed by atoms with Gasteiger partial charge in [0.15, 0.2) is 0 Å². The standard InChI is InChI=1S/C29H27N5O2S/c1-33(2)26-17-18(12-14-30-26)22-7-5-8-23(32-22)29(36)34-15-13-19-16-25(28(35)31-20-10-11-20)37-27(19)21-6-3-4-9-24(21)34/h3-9,12,14,16-17,20H,10-11,13,15H2,1-2H3,(H,31,35). The van der Waals surface area contributed by atoms with Crippen molar-refractivity contribution in [3.8, 4) is 21.7 Å². The molecule has 8 heteroatoms. The molecule has 2 aliphatic rings. The summed E-state index contributed by atoms with van der Waals surface area (Å²) in [5, 5.41) is 3.09. The van der Waals surface area contributed by atoms with E-state index < -0.39 is 0 Å². The SMILES string of the molecule is CN(C)c1cc(-c2cccc(C(=O)N3CCc4cc(C(=O)NC5CC5)sc4-c4ccccc43)n2)ccn1. The number of carbonyl (C=O) groups is 2. The van der Waals surface area contributed by atoms with Gasteiger partial charge in [0.2, 0.25) is 0 Å². The minimum Gasteiger partial charge on any atom is -0.363 e. The number of rotatable bonds is 5. The molecule has 4 heterocycles. The summed E-state index contributed by atoms with van der Waals surface area (Å²) in [6.07, 6.45) is 4.54. The van der Waals surface area contributed by atoms with Crippen molar-refractivity contribution < 1.29 is 9.59 Å². The van der Waals surface area contributed by atoms with E-state index in [-0.39, 0.29) is 11.8 Å². The minimum absolute atomic E-state index is 0.000498. The Morgan fingerprint density at radius 3 is 2.70 bits per heavy atom. The maximum Gasteiger partial charge on any atom is 0.276 e. The molecule has 0 radical (unpaired) electrons. The van der Waals surface area contributed by atoms with Gasteiger partial charge in [-0.15, -0.1) is 11.3 Å². The van der Waals surface area contributed by atoms with Gasteiger partial charge in [-0.25, -0.2) is 9.97 Å². The minimum atomic E-state index is -0.141. The highest BCUT2D eigenvalue weighted by atomic mass is 32.1. The lowest BCUT2D eigenvalue weighted by atomic mass is 10.1. The van der Waals surface area contributed by atoms with Crippen molar-refractivity contribution >= 4 is 34.7 Å². The van der Waals surface area contributed by atoms with E-state index in [4.69, 9.17) is 4.98 Å². The lowest BCUT2D eigenvalue weighted by Crippen LogP contribution is -2.33. The number of pyridine rings is 2. The Balaban J connectivity index is 1.32. The van der Waals surface area contributed by atoms with Gasteiger partial charge in [-0.05, 0) is 61.2 Å². The predicted octanol–water partition coefficient (Wildman–Crippen LogP) is 5.03. The Morgan fingerprint density at radius 2 is 1.89 bits per heavy atom. The fourth-order valence-electron chi connectivity index (χ4n) is 4.58. The normalized spacial score (nSPS) is 14.4. The van der Waals surface area contributed by atoms with Gasteiger partial charge in [0, 0.05) is 48.9 Å². The Bertz CT molecular complexity index is 1510. The van der Waals surface area contributed by atoms with E-state index in [0.29, 0.717) is 24.7 Å². The molecule has 1 aliphatic carbocycles. The van der Waals surface area contributed by atoms with Crippen LogP contribution in [0.15, 0.2) is 66.9 Å². The largest absolute Gasteiger partial charge is 0.363 e. The first kappa shape index (κ1) is 23.4. The van der Waals surface area contributed by atoms with E-state index in [1.165, 1.54) is 11.3 Å². The van der Waals surface area contributed by atoms with Crippen molar-refractivity contribution in [3.05, 3.63) is 83.0 Å². The van der Waals surface area contributed by atoms with Crippen LogP contribution in [0.25, 0.3) is 21.7 Å². The zero-order valence-corrected chi connectivity index (χ0v) is 21.6. The van der Waals surface area contributed by atoms with E-state index >= 15 is 0 Å². The van der Waals surface area contributed by atoms with Crippen LogP contribution >= 0.6 is 11.3 Å². The number of fused-ring (bicyclic) bond motifs is 3. The first-order valence-electron chi connectivity index (χ1n) is 12.4. The fraction of sp³-hybridized carbons (Fsp3) is 0.241. The van der Waals surface area contributed by atoms with Crippen molar-refractivity contribution in [1.29, 1.82) is 0 Å². The van der Waals surface area contributed by atoms with Crippen LogP contribution in [-0.4, -0.2) is 48.5 Å². The van der Waals surface area contributed by atoms with E-state index in [1.807, 2.05) is 78.5 Å². The van der Waals surface area contributed by atoms with Gasteiger partial charge >= 0.3 is 0 Å². The molecule has 1 aliphatic heterocycles. The molecule has 0 saturated heterocycles. The van der Waals surface area contributed by atoms with Gasteiger partial charge in [0.25, 0.3) is 11.8 Å². The summed E-state index contributed by atoms with van der Waals surface area (Å²) < 4.78 is 0. The van der Waals surface area contributed by atoms with Crippen molar-refractivity contribution in [2.45, 2.75) is 25.3 Å². The lowest BCUT2D eigenvalue weighted by Gasteiger charge is -2.23. The summed E-state index contributed by atoms with van der Waals surface area (Å²) in [7, 11) is 3.88. The highest BCUT2D eigenvalue weighted by molar-refractivity contribution is 7.17. The first-order chi connectivity index (χ1) is 18.0. The average molecular weight is 510 g/mol. The number of para-hydroxylation sites is 1. The van der Waals surface area contributed by atoms with Crippen LogP contribution in [0.2, 0.25) is 0 Å². The third-order valence-corrected chi connectivity index (χ3v) is 7.91. The smallest absolute Gasteiger partial charge is 0.276 e. The molecule has 0 atom stereocenters. The molecule has 0 unspecified atom stereocenters. The van der Waals surface area contributed by atoms with Crippen molar-refractivity contribution in [2.24, 2.45) is 0 Å². The highest BCUT2D eigenvalue weighted by Gasteiger charge is 2.29. The van der Waals surface area contributed by atoms with Crippen LogP contribution in [0.3, 0.4) is 0 Å². The fourth-order valence-corrected chi connectivity index (χ4v) is 5.73. The summed E-state index contributed by atoms with van der Waals surface area (Å²) in [4.78, 5) is 41.2. The van der Waals surface area contributed by atoms with Crippen molar-refractivity contribution in [2.75, 3.05) is 30.4 Å². The van der Waals surface area contributed by atoms with Crippen LogP contribution < -0.4 is 15.1 Å². The number of benzene rings is 1. The van der Waals surface area contributed by atoms with Crippen molar-refractivity contribution in [3.63, 3.8) is 0 Å². The second-order valence-corrected chi connectivity index (χ2v) is 10.7. The van der Waals surface area contributed by atoms with Gasteiger partial charge < -0.3 is 15.1 Å². The first-order valence-corrected chi connectivity index (χ1v) is 13.3. The third-order valence-electron chi connectivity index (χ3n) is 6.70. The number of carbonyl (C=O) groups excluding carboxylic acids is 2. The van der Waals surface area contributed by atoms with E-state index in [2.05, 4.69) is 10.3 Å². The van der Waals surface area contributed by atoms with Gasteiger partial charge in [-0.1, -0.05) is 24.3 Å². The van der Waals surface area contributed by atoms with Gasteiger partial charge in [-0.2, -0.15) is 0 Å². The molecule has 3 aromatic heterocycles. The molecule has 7 nitrogen and oxygen atoms in total. The molecule has 2 amide bonds. The van der Waals surface area contributed by atoms with E-state index in [0.717, 1.165) is 56.5 Å². The Morgan fingerprint density at radius 1 is 1.05 bits per heavy atom. The van der Waals surface area contributed by atoms with Gasteiger partial charge in [-0.3, -0.25) is 9.59 Å². The van der Waals surface area contributed by atoms with Crippen LogP contribution in [0.5, 0.6) is 0 Å². The maximum atomic E-state index is 13.8. The molecule has 0 spiro atoms. The summed E-state index contributed by atoms with van der Waals surface area (Å²) in [5.74, 6) is 0.687. The van der Waals surface area contributed by atoms with E-state index in [1.54, 1.807) is 12.3 Å². The molecule has 1 N–H and O–H groups in total. The molecule has 4 aromatic rings. The molecular formula is C29H27N5O2S. The van der Waals surface area contributed by atoms with Crippen molar-refractivity contribution in [1.82, 2.24) is 15.3 Å². The second-order valence-electron chi connectivity index (χ2n) is 9.64. The van der Waals surface area contributed by atoms with Crippen LogP contribution in [0.4, 0.5) is 11.5 Å². The Kier molecular flexibility index (Phi) is 5.96. The highest BCUT2D eigenvalue weighted by Crippen LogP contribution is 2.42. The molecular weight excluding hydrogens is 482 g/mol. The number of anilines is 2. The maximum absolute atomic E-state index is 13.8. The predicted molar refractivity (Wildman–Crippen MR) is 147 cm³/mol. The third kappa shape index (κ3) is 4.60. The zero-order valence-electron chi connectivity index (χ0n) is 20.8. The lowest BCUT2D eigenvalue weighted by molar-refractivity contribution is 0.0952. The zero-order chi connectivity index (χ0) is 25.5. The topological polar surface area (TPSA) is 78.4 Å². The Hall–Kier alpha value is -4.04. The average Bonchev–Trinajstić information content (AvgIpc) is 3.67. The molecule has 37 heavy (non-hydrogen) atoms. The van der Waals surface area contributed by atoms with E-state index in [9.17, 15) is 9.59 Å². The second kappa shape index (κ2) is 9.44. The number of nitrogens with one attached hydrogen (secondary N) is 1. The summed E-state index contributed by atoms with van der Waals surface area (Å²) >= 11 is 1.51. The van der Waals surface area contributed by atoms with Crippen LogP contribution in [-0.2, 0) is 6.42 Å². The molecule has 186 valence electrons. The monoisotopic (exact) mass is 509 g/mol. The van der Waals surface area contributed by atoms with Gasteiger partial charge in [0.1, 0.15) is 11.5 Å². The quantitative estimate of drug-likeness (QED) is 0.408. The summed E-state index contributed by atoms with van der Waals surface area (Å²) in [6, 6.07) is 19.7. The van der Waals surface area contributed by atoms with Gasteiger partial charge in [0.05, 0.1) is 16.3 Å². The number of amides is 2. The summed E-state index contributed by atoms with van der Waals surface area (Å²) in [5.41, 5.74) is 4.94. The number of thiophene rings is 1.